The highest BCUT2D eigenvalue weighted by molar-refractivity contribution is 6.23. The summed E-state index contributed by atoms with van der Waals surface area (Å²) < 4.78 is 0. The van der Waals surface area contributed by atoms with Crippen LogP contribution in [0.1, 0.15) is 31.9 Å². The predicted octanol–water partition coefficient (Wildman–Crippen LogP) is 5.63. The smallest absolute Gasteiger partial charge is 0.0303 e. The number of rotatable bonds is 3. The molecule has 4 aromatic rings. The molecule has 0 saturated heterocycles. The van der Waals surface area contributed by atoms with Gasteiger partial charge in [-0.25, -0.2) is 0 Å². The molecule has 0 bridgehead atoms. The van der Waals surface area contributed by atoms with E-state index in [-0.39, 0.29) is 6.04 Å². The predicted molar refractivity (Wildman–Crippen MR) is 96.5 cm³/mol. The third-order valence-electron chi connectivity index (χ3n) is 4.69. The first-order chi connectivity index (χ1) is 10.6. The molecule has 2 N–H and O–H groups in total. The van der Waals surface area contributed by atoms with Crippen molar-refractivity contribution < 1.29 is 0 Å². The van der Waals surface area contributed by atoms with Gasteiger partial charge in [0.2, 0.25) is 0 Å². The molecule has 0 saturated carbocycles. The Kier molecular flexibility index (Phi) is 3.05. The zero-order valence-corrected chi connectivity index (χ0v) is 13.1. The van der Waals surface area contributed by atoms with Gasteiger partial charge >= 0.3 is 0 Å². The Hall–Kier alpha value is -2.12. The van der Waals surface area contributed by atoms with E-state index in [9.17, 15) is 0 Å². The highest BCUT2D eigenvalue weighted by Gasteiger charge is 2.15. The van der Waals surface area contributed by atoms with Crippen LogP contribution in [0.5, 0.6) is 0 Å². The summed E-state index contributed by atoms with van der Waals surface area (Å²) in [4.78, 5) is 0. The maximum atomic E-state index is 6.49. The number of benzene rings is 4. The van der Waals surface area contributed by atoms with Crippen molar-refractivity contribution in [2.45, 2.75) is 26.3 Å². The summed E-state index contributed by atoms with van der Waals surface area (Å²) in [5, 5.41) is 7.98. The Morgan fingerprint density at radius 2 is 1.36 bits per heavy atom. The van der Waals surface area contributed by atoms with Gasteiger partial charge in [0.25, 0.3) is 0 Å². The van der Waals surface area contributed by atoms with Gasteiger partial charge in [0.15, 0.2) is 0 Å². The molecule has 1 atom stereocenters. The normalized spacial score (nSPS) is 13.6. The summed E-state index contributed by atoms with van der Waals surface area (Å²) >= 11 is 0. The second kappa shape index (κ2) is 4.96. The van der Waals surface area contributed by atoms with Gasteiger partial charge < -0.3 is 5.73 Å². The highest BCUT2D eigenvalue weighted by Crippen LogP contribution is 2.37. The Morgan fingerprint density at radius 1 is 0.773 bits per heavy atom. The maximum Gasteiger partial charge on any atom is 0.0303 e. The fraction of sp³-hybridized carbons (Fsp3) is 0.238. The number of hydrogen-bond donors (Lipinski definition) is 1. The van der Waals surface area contributed by atoms with E-state index in [1.165, 1.54) is 37.9 Å². The van der Waals surface area contributed by atoms with E-state index in [2.05, 4.69) is 68.4 Å². The Morgan fingerprint density at radius 3 is 2.05 bits per heavy atom. The lowest BCUT2D eigenvalue weighted by Gasteiger charge is -2.19. The van der Waals surface area contributed by atoms with Crippen molar-refractivity contribution in [3.63, 3.8) is 0 Å². The molecule has 0 unspecified atom stereocenters. The number of hydrogen-bond acceptors (Lipinski definition) is 1. The van der Waals surface area contributed by atoms with E-state index >= 15 is 0 Å². The van der Waals surface area contributed by atoms with Crippen LogP contribution in [0.4, 0.5) is 0 Å². The van der Waals surface area contributed by atoms with Gasteiger partial charge in [-0.05, 0) is 50.2 Å². The van der Waals surface area contributed by atoms with E-state index in [1.807, 2.05) is 0 Å². The minimum absolute atomic E-state index is 0.101. The zero-order chi connectivity index (χ0) is 15.3. The molecular weight excluding hydrogens is 266 g/mol. The summed E-state index contributed by atoms with van der Waals surface area (Å²) in [6.45, 7) is 4.46. The molecule has 4 aromatic carbocycles. The Balaban J connectivity index is 2.08. The Labute approximate surface area is 131 Å². The third-order valence-corrected chi connectivity index (χ3v) is 4.69. The average molecular weight is 287 g/mol. The van der Waals surface area contributed by atoms with Gasteiger partial charge in [-0.3, -0.25) is 0 Å². The summed E-state index contributed by atoms with van der Waals surface area (Å²) in [6, 6.07) is 20.0. The van der Waals surface area contributed by atoms with Crippen LogP contribution in [0.3, 0.4) is 0 Å². The minimum atomic E-state index is 0.101. The molecule has 1 heteroatoms. The fourth-order valence-corrected chi connectivity index (χ4v) is 3.72. The molecule has 0 radical (unpaired) electrons. The molecule has 0 aliphatic heterocycles. The largest absolute Gasteiger partial charge is 0.324 e. The lowest BCUT2D eigenvalue weighted by molar-refractivity contribution is 0.512. The average Bonchev–Trinajstić information content (AvgIpc) is 2.51. The van der Waals surface area contributed by atoms with E-state index in [4.69, 9.17) is 5.73 Å². The van der Waals surface area contributed by atoms with Crippen LogP contribution in [0.2, 0.25) is 0 Å². The van der Waals surface area contributed by atoms with E-state index in [0.717, 1.165) is 6.42 Å². The van der Waals surface area contributed by atoms with Gasteiger partial charge in [-0.2, -0.15) is 0 Å². The molecule has 0 heterocycles. The summed E-state index contributed by atoms with van der Waals surface area (Å²) in [5.41, 5.74) is 7.77. The van der Waals surface area contributed by atoms with Crippen molar-refractivity contribution in [1.82, 2.24) is 0 Å². The number of nitrogens with two attached hydrogens (primary N) is 1. The molecule has 0 aliphatic rings. The third kappa shape index (κ3) is 1.97. The molecule has 0 aliphatic carbocycles. The molecule has 0 fully saturated rings. The molecule has 4 rings (SSSR count). The first-order valence-electron chi connectivity index (χ1n) is 8.07. The summed E-state index contributed by atoms with van der Waals surface area (Å²) in [7, 11) is 0. The zero-order valence-electron chi connectivity index (χ0n) is 13.1. The maximum absolute atomic E-state index is 6.49. The van der Waals surface area contributed by atoms with Crippen molar-refractivity contribution in [2.75, 3.05) is 0 Å². The van der Waals surface area contributed by atoms with Crippen LogP contribution in [-0.2, 0) is 0 Å². The topological polar surface area (TPSA) is 26.0 Å². The van der Waals surface area contributed by atoms with Crippen LogP contribution >= 0.6 is 0 Å². The van der Waals surface area contributed by atoms with Crippen molar-refractivity contribution >= 4 is 32.3 Å². The van der Waals surface area contributed by atoms with Crippen LogP contribution in [0, 0.1) is 5.92 Å². The lowest BCUT2D eigenvalue weighted by atomic mass is 9.88. The molecule has 22 heavy (non-hydrogen) atoms. The van der Waals surface area contributed by atoms with Gasteiger partial charge in [0.1, 0.15) is 0 Å². The lowest BCUT2D eigenvalue weighted by Crippen LogP contribution is -2.13. The van der Waals surface area contributed by atoms with Crippen molar-refractivity contribution in [2.24, 2.45) is 11.7 Å². The van der Waals surface area contributed by atoms with Gasteiger partial charge in [-0.1, -0.05) is 68.4 Å². The molecule has 110 valence electrons. The van der Waals surface area contributed by atoms with Crippen LogP contribution < -0.4 is 5.73 Å². The molecule has 0 amide bonds. The van der Waals surface area contributed by atoms with Crippen LogP contribution in [-0.4, -0.2) is 0 Å². The molecule has 0 spiro atoms. The van der Waals surface area contributed by atoms with Gasteiger partial charge in [0.05, 0.1) is 0 Å². The second-order valence-electron chi connectivity index (χ2n) is 6.75. The monoisotopic (exact) mass is 287 g/mol. The quantitative estimate of drug-likeness (QED) is 0.485. The van der Waals surface area contributed by atoms with Gasteiger partial charge in [0, 0.05) is 6.04 Å². The Bertz CT molecular complexity index is 936. The van der Waals surface area contributed by atoms with E-state index in [0.29, 0.717) is 5.92 Å². The van der Waals surface area contributed by atoms with Crippen molar-refractivity contribution in [1.29, 1.82) is 0 Å². The first-order valence-corrected chi connectivity index (χ1v) is 8.07. The second-order valence-corrected chi connectivity index (χ2v) is 6.75. The first kappa shape index (κ1) is 13.5. The molecule has 0 aromatic heterocycles. The van der Waals surface area contributed by atoms with E-state index in [1.54, 1.807) is 0 Å². The van der Waals surface area contributed by atoms with E-state index < -0.39 is 0 Å². The SMILES string of the molecule is CC(C)C[C@H](N)c1ccc2ccc3cccc4ccc1c2c34. The van der Waals surface area contributed by atoms with Crippen molar-refractivity contribution in [3.05, 3.63) is 60.2 Å². The fourth-order valence-electron chi connectivity index (χ4n) is 3.72. The molecule has 1 nitrogen and oxygen atoms in total. The summed E-state index contributed by atoms with van der Waals surface area (Å²) in [5.74, 6) is 0.605. The summed E-state index contributed by atoms with van der Waals surface area (Å²) in [6.07, 6.45) is 1.02. The highest BCUT2D eigenvalue weighted by atomic mass is 14.6. The minimum Gasteiger partial charge on any atom is -0.324 e. The molecular formula is C21H21N. The van der Waals surface area contributed by atoms with Crippen LogP contribution in [0.25, 0.3) is 32.3 Å². The van der Waals surface area contributed by atoms with Crippen LogP contribution in [0.15, 0.2) is 54.6 Å². The van der Waals surface area contributed by atoms with Gasteiger partial charge in [-0.15, -0.1) is 0 Å². The van der Waals surface area contributed by atoms with Crippen molar-refractivity contribution in [3.8, 4) is 0 Å². The standard InChI is InChI=1S/C21H21N/c1-13(2)12-19(22)17-10-8-16-7-6-14-4-3-5-15-9-11-18(17)21(16)20(14)15/h3-11,13,19H,12,22H2,1-2H3/t19-/m0/s1.